The number of benzene rings is 3. The van der Waals surface area contributed by atoms with Crippen molar-refractivity contribution >= 4 is 34.6 Å². The molecular formula is C33H29N7O7. The van der Waals surface area contributed by atoms with E-state index in [1.54, 1.807) is 9.58 Å². The molecule has 0 unspecified atom stereocenters. The first-order valence-corrected chi connectivity index (χ1v) is 14.6. The molecule has 0 spiro atoms. The van der Waals surface area contributed by atoms with Gasteiger partial charge < -0.3 is 24.8 Å². The predicted molar refractivity (Wildman–Crippen MR) is 171 cm³/mol. The average Bonchev–Trinajstić information content (AvgIpc) is 3.49. The average molecular weight is 636 g/mol. The van der Waals surface area contributed by atoms with Crippen molar-refractivity contribution in [1.29, 1.82) is 0 Å². The molecule has 0 bridgehead atoms. The van der Waals surface area contributed by atoms with Crippen molar-refractivity contribution < 1.29 is 28.7 Å². The van der Waals surface area contributed by atoms with Gasteiger partial charge in [0.25, 0.3) is 11.6 Å². The molecule has 2 N–H and O–H groups in total. The molecule has 0 radical (unpaired) electrons. The first kappa shape index (κ1) is 30.7. The standard InChI is InChI=1S/C33H29N7O7/c1-21(19-45-33(42)47-27-15-11-23(12-16-27)40(43)44)32(41)38-17-5-6-24(18-38)39-31-28(30(34)35-20-36-31)29(37-39)22-9-13-26(14-10-22)46-25-7-3-2-4-8-25/h2-4,7-16,20,24H,1,5-6,17-19H2,(H2,34,35,36)/t24-/m1/s1. The van der Waals surface area contributed by atoms with Gasteiger partial charge in [-0.2, -0.15) is 5.10 Å². The van der Waals surface area contributed by atoms with Gasteiger partial charge >= 0.3 is 6.16 Å². The van der Waals surface area contributed by atoms with Crippen LogP contribution in [0.25, 0.3) is 22.3 Å². The summed E-state index contributed by atoms with van der Waals surface area (Å²) in [5, 5.41) is 16.3. The Kier molecular flexibility index (Phi) is 8.73. The summed E-state index contributed by atoms with van der Waals surface area (Å²) in [6, 6.07) is 21.7. The first-order valence-electron chi connectivity index (χ1n) is 14.6. The molecule has 5 aromatic rings. The number of non-ortho nitro benzene ring substituents is 1. The number of amides is 1. The molecule has 1 aliphatic heterocycles. The van der Waals surface area contributed by atoms with Gasteiger partial charge in [0.15, 0.2) is 5.65 Å². The lowest BCUT2D eigenvalue weighted by Gasteiger charge is -2.33. The van der Waals surface area contributed by atoms with Crippen LogP contribution in [-0.4, -0.2) is 61.3 Å². The highest BCUT2D eigenvalue weighted by molar-refractivity contribution is 5.98. The molecule has 14 nitrogen and oxygen atoms in total. The van der Waals surface area contributed by atoms with Gasteiger partial charge in [-0.1, -0.05) is 24.8 Å². The van der Waals surface area contributed by atoms with Crippen LogP contribution in [0.2, 0.25) is 0 Å². The SMILES string of the molecule is C=C(COC(=O)Oc1ccc([N+](=O)[O-])cc1)C(=O)N1CCC[C@@H](n2nc(-c3ccc(Oc4ccccc4)cc3)c3c(N)ncnc32)C1. The number of likely N-dealkylation sites (tertiary alicyclic amines) is 1. The van der Waals surface area contributed by atoms with Crippen molar-refractivity contribution in [2.45, 2.75) is 18.9 Å². The Morgan fingerprint density at radius 2 is 1.68 bits per heavy atom. The molecule has 14 heteroatoms. The van der Waals surface area contributed by atoms with E-state index in [2.05, 4.69) is 16.5 Å². The van der Waals surface area contributed by atoms with Gasteiger partial charge in [0.05, 0.1) is 16.4 Å². The van der Waals surface area contributed by atoms with Crippen molar-refractivity contribution in [2.24, 2.45) is 0 Å². The van der Waals surface area contributed by atoms with Crippen LogP contribution in [0.15, 0.2) is 97.3 Å². The van der Waals surface area contributed by atoms with E-state index in [0.717, 1.165) is 17.7 Å². The minimum atomic E-state index is -1.07. The van der Waals surface area contributed by atoms with Crippen LogP contribution < -0.4 is 15.2 Å². The number of carbonyl (C=O) groups excluding carboxylic acids is 2. The molecule has 1 saturated heterocycles. The fraction of sp³-hybridized carbons (Fsp3) is 0.182. The minimum Gasteiger partial charge on any atom is -0.457 e. The number of nitrogen functional groups attached to an aromatic ring is 1. The van der Waals surface area contributed by atoms with E-state index in [9.17, 15) is 19.7 Å². The number of rotatable bonds is 9. The zero-order valence-corrected chi connectivity index (χ0v) is 25.0. The Balaban J connectivity index is 1.13. The van der Waals surface area contributed by atoms with Gasteiger partial charge in [-0.15, -0.1) is 0 Å². The lowest BCUT2D eigenvalue weighted by Crippen LogP contribution is -2.42. The van der Waals surface area contributed by atoms with Crippen molar-refractivity contribution in [1.82, 2.24) is 24.6 Å². The molecular weight excluding hydrogens is 606 g/mol. The Morgan fingerprint density at radius 3 is 2.40 bits per heavy atom. The van der Waals surface area contributed by atoms with E-state index in [1.807, 2.05) is 54.6 Å². The molecule has 238 valence electrons. The lowest BCUT2D eigenvalue weighted by molar-refractivity contribution is -0.384. The van der Waals surface area contributed by atoms with E-state index in [-0.39, 0.29) is 34.8 Å². The number of hydrogen-bond acceptors (Lipinski definition) is 11. The van der Waals surface area contributed by atoms with Crippen LogP contribution in [0.4, 0.5) is 16.3 Å². The number of anilines is 1. The summed E-state index contributed by atoms with van der Waals surface area (Å²) in [4.78, 5) is 46.0. The van der Waals surface area contributed by atoms with Gasteiger partial charge in [-0.05, 0) is 61.4 Å². The number of nitrogens with two attached hydrogens (primary N) is 1. The summed E-state index contributed by atoms with van der Waals surface area (Å²) in [7, 11) is 0. The smallest absolute Gasteiger partial charge is 0.457 e. The second-order valence-electron chi connectivity index (χ2n) is 10.7. The van der Waals surface area contributed by atoms with Crippen molar-refractivity contribution in [3.05, 3.63) is 107 Å². The molecule has 1 amide bonds. The summed E-state index contributed by atoms with van der Waals surface area (Å²) in [5.41, 5.74) is 8.19. The van der Waals surface area contributed by atoms with Crippen LogP contribution in [0.5, 0.6) is 17.2 Å². The lowest BCUT2D eigenvalue weighted by atomic mass is 10.0. The van der Waals surface area contributed by atoms with Crippen LogP contribution >= 0.6 is 0 Å². The fourth-order valence-corrected chi connectivity index (χ4v) is 5.29. The third-order valence-electron chi connectivity index (χ3n) is 7.57. The minimum absolute atomic E-state index is 0.0571. The normalized spacial score (nSPS) is 14.4. The molecule has 3 aromatic carbocycles. The van der Waals surface area contributed by atoms with E-state index >= 15 is 0 Å². The summed E-state index contributed by atoms with van der Waals surface area (Å²) < 4.78 is 17.8. The highest BCUT2D eigenvalue weighted by Gasteiger charge is 2.30. The quantitative estimate of drug-likeness (QED) is 0.0689. The van der Waals surface area contributed by atoms with Gasteiger partial charge in [0.2, 0.25) is 0 Å². The number of para-hydroxylation sites is 1. The van der Waals surface area contributed by atoms with Gasteiger partial charge in [-0.3, -0.25) is 14.9 Å². The largest absolute Gasteiger partial charge is 0.514 e. The number of carbonyl (C=O) groups is 2. The molecule has 1 aliphatic rings. The highest BCUT2D eigenvalue weighted by Crippen LogP contribution is 2.35. The first-order chi connectivity index (χ1) is 22.8. The van der Waals surface area contributed by atoms with Crippen LogP contribution in [0.1, 0.15) is 18.9 Å². The number of nitro groups is 1. The van der Waals surface area contributed by atoms with Crippen molar-refractivity contribution in [2.75, 3.05) is 25.4 Å². The molecule has 3 heterocycles. The molecule has 47 heavy (non-hydrogen) atoms. The summed E-state index contributed by atoms with van der Waals surface area (Å²) in [6.07, 6.45) is 1.74. The fourth-order valence-electron chi connectivity index (χ4n) is 5.29. The zero-order valence-electron chi connectivity index (χ0n) is 25.0. The Hall–Kier alpha value is -6.31. The number of hydrogen-bond donors (Lipinski definition) is 1. The Bertz CT molecular complexity index is 1940. The van der Waals surface area contributed by atoms with E-state index in [4.69, 9.17) is 25.0 Å². The predicted octanol–water partition coefficient (Wildman–Crippen LogP) is 5.71. The number of nitrogens with zero attached hydrogens (tertiary/aromatic N) is 6. The monoisotopic (exact) mass is 635 g/mol. The maximum atomic E-state index is 13.3. The van der Waals surface area contributed by atoms with E-state index < -0.39 is 17.7 Å². The number of fused-ring (bicyclic) bond motifs is 1. The Labute approximate surface area is 268 Å². The number of nitro benzene ring substituents is 1. The second-order valence-corrected chi connectivity index (χ2v) is 10.7. The molecule has 2 aromatic heterocycles. The van der Waals surface area contributed by atoms with Crippen LogP contribution in [0, 0.1) is 10.1 Å². The third-order valence-corrected chi connectivity index (χ3v) is 7.57. The van der Waals surface area contributed by atoms with Crippen LogP contribution in [-0.2, 0) is 9.53 Å². The van der Waals surface area contributed by atoms with E-state index in [0.29, 0.717) is 42.0 Å². The molecule has 6 rings (SSSR count). The second kappa shape index (κ2) is 13.4. The third kappa shape index (κ3) is 6.86. The Morgan fingerprint density at radius 1 is 0.979 bits per heavy atom. The van der Waals surface area contributed by atoms with Gasteiger partial charge in [0.1, 0.15) is 41.7 Å². The number of piperidine rings is 1. The van der Waals surface area contributed by atoms with Crippen molar-refractivity contribution in [3.63, 3.8) is 0 Å². The number of ether oxygens (including phenoxy) is 3. The van der Waals surface area contributed by atoms with Crippen LogP contribution in [0.3, 0.4) is 0 Å². The van der Waals surface area contributed by atoms with Crippen molar-refractivity contribution in [3.8, 4) is 28.5 Å². The summed E-state index contributed by atoms with van der Waals surface area (Å²) in [6.45, 7) is 4.21. The maximum Gasteiger partial charge on any atom is 0.514 e. The number of aromatic nitrogens is 4. The zero-order chi connectivity index (χ0) is 32.9. The van der Waals surface area contributed by atoms with Gasteiger partial charge in [-0.25, -0.2) is 19.4 Å². The maximum absolute atomic E-state index is 13.3. The summed E-state index contributed by atoms with van der Waals surface area (Å²) >= 11 is 0. The van der Waals surface area contributed by atoms with Gasteiger partial charge in [0, 0.05) is 36.4 Å². The summed E-state index contributed by atoms with van der Waals surface area (Å²) in [5.74, 6) is 1.36. The molecule has 1 fully saturated rings. The topological polar surface area (TPSA) is 178 Å². The highest BCUT2D eigenvalue weighted by atomic mass is 16.7. The van der Waals surface area contributed by atoms with E-state index in [1.165, 1.54) is 30.6 Å². The molecule has 0 saturated carbocycles. The molecule has 1 atom stereocenters. The molecule has 0 aliphatic carbocycles.